The summed E-state index contributed by atoms with van der Waals surface area (Å²) < 4.78 is 59.7. The molecule has 0 bridgehead atoms. The molecule has 0 aliphatic heterocycles. The number of aromatic nitrogens is 2. The fourth-order valence-electron chi connectivity index (χ4n) is 5.67. The molecule has 0 spiro atoms. The van der Waals surface area contributed by atoms with E-state index in [1.165, 1.54) is 18.3 Å². The molecule has 0 atom stereocenters. The third kappa shape index (κ3) is 7.73. The maximum atomic E-state index is 8.53. The van der Waals surface area contributed by atoms with Crippen molar-refractivity contribution in [3.05, 3.63) is 156 Å². The van der Waals surface area contributed by atoms with Crippen LogP contribution in [-0.4, -0.2) is 9.97 Å². The van der Waals surface area contributed by atoms with Crippen molar-refractivity contribution in [2.75, 3.05) is 0 Å². The Morgan fingerprint density at radius 1 is 0.714 bits per heavy atom. The van der Waals surface area contributed by atoms with Gasteiger partial charge in [-0.1, -0.05) is 118 Å². The van der Waals surface area contributed by atoms with E-state index in [-0.39, 0.29) is 25.7 Å². The van der Waals surface area contributed by atoms with Crippen LogP contribution in [0.15, 0.2) is 132 Å². The van der Waals surface area contributed by atoms with Crippen LogP contribution in [0, 0.1) is 31.3 Å². The molecule has 0 fully saturated rings. The molecule has 0 saturated carbocycles. The van der Waals surface area contributed by atoms with Crippen LogP contribution in [-0.2, 0) is 26.5 Å². The smallest absolute Gasteiger partial charge is 0.131 e. The predicted octanol–water partition coefficient (Wildman–Crippen LogP) is 12.0. The molecule has 0 amide bonds. The van der Waals surface area contributed by atoms with Crippen LogP contribution in [0.3, 0.4) is 0 Å². The number of benzene rings is 5. The van der Waals surface area contributed by atoms with Crippen molar-refractivity contribution in [1.82, 2.24) is 9.97 Å². The second-order valence-corrected chi connectivity index (χ2v) is 12.7. The van der Waals surface area contributed by atoms with Crippen LogP contribution in [0.25, 0.3) is 66.4 Å². The van der Waals surface area contributed by atoms with Crippen molar-refractivity contribution >= 4 is 32.7 Å². The summed E-state index contributed by atoms with van der Waals surface area (Å²) >= 11 is 0. The van der Waals surface area contributed by atoms with Gasteiger partial charge in [-0.15, -0.1) is 53.1 Å². The van der Waals surface area contributed by atoms with Gasteiger partial charge in [0.25, 0.3) is 0 Å². The first-order chi connectivity index (χ1) is 26.1. The van der Waals surface area contributed by atoms with Gasteiger partial charge in [0.1, 0.15) is 5.58 Å². The number of hydrogen-bond donors (Lipinski definition) is 0. The number of rotatable bonds is 4. The van der Waals surface area contributed by atoms with Gasteiger partial charge in [-0.05, 0) is 69.1 Å². The molecule has 8 aromatic rings. The predicted molar refractivity (Wildman–Crippen MR) is 200 cm³/mol. The van der Waals surface area contributed by atoms with E-state index in [2.05, 4.69) is 46.4 Å². The molecule has 0 aliphatic rings. The van der Waals surface area contributed by atoms with Crippen LogP contribution in [0.5, 0.6) is 0 Å². The Kier molecular flexibility index (Phi) is 7.60. The Bertz CT molecular complexity index is 2610. The van der Waals surface area contributed by atoms with Gasteiger partial charge in [-0.2, -0.15) is 0 Å². The maximum Gasteiger partial charge on any atom is 0.131 e. The van der Waals surface area contributed by atoms with Crippen molar-refractivity contribution in [3.63, 3.8) is 0 Å². The van der Waals surface area contributed by atoms with Crippen molar-refractivity contribution < 1.29 is 34.1 Å². The first-order valence-corrected chi connectivity index (χ1v) is 15.8. The first kappa shape index (κ1) is 26.0. The van der Waals surface area contributed by atoms with Gasteiger partial charge in [0, 0.05) is 47.5 Å². The first-order valence-electron chi connectivity index (χ1n) is 19.4. The monoisotopic (exact) mass is 822 g/mol. The number of fused-ring (bicyclic) bond motifs is 5. The SMILES string of the molecule is [2H]C([2H])(c1ccc(-c2ccnc(-c3[c-]cc4c(c3)oc3c5ccccc5ccc43)c2)cc1)C(C)(C)C.[2H]C([2H])c1ccc(-c2[c-]cc(C([2H])([2H])[2H])cc2)nc1.[Ir]. The maximum absolute atomic E-state index is 8.53. The molecule has 8 rings (SSSR count). The zero-order chi connectivity index (χ0) is 39.1. The molecule has 0 aliphatic carbocycles. The summed E-state index contributed by atoms with van der Waals surface area (Å²) in [6.45, 7) is 2.59. The molecule has 5 aromatic carbocycles. The molecule has 3 nitrogen and oxygen atoms in total. The Labute approximate surface area is 312 Å². The number of furan rings is 1. The van der Waals surface area contributed by atoms with Gasteiger partial charge in [0.05, 0.1) is 5.58 Å². The summed E-state index contributed by atoms with van der Waals surface area (Å²) in [6, 6.07) is 42.5. The summed E-state index contributed by atoms with van der Waals surface area (Å²) in [7, 11) is 0. The molecule has 0 saturated heterocycles. The average molecular weight is 822 g/mol. The minimum Gasteiger partial charge on any atom is -0.476 e. The van der Waals surface area contributed by atoms with E-state index in [0.717, 1.165) is 55.1 Å². The van der Waals surface area contributed by atoms with E-state index in [1.54, 1.807) is 24.4 Å². The number of aryl methyl sites for hydroxylation is 2. The van der Waals surface area contributed by atoms with Gasteiger partial charge < -0.3 is 14.4 Å². The van der Waals surface area contributed by atoms with Gasteiger partial charge in [0.15, 0.2) is 0 Å². The molecule has 49 heavy (non-hydrogen) atoms. The second-order valence-electron chi connectivity index (χ2n) is 12.7. The van der Waals surface area contributed by atoms with E-state index in [9.17, 15) is 0 Å². The largest absolute Gasteiger partial charge is 0.476 e. The summed E-state index contributed by atoms with van der Waals surface area (Å²) in [5, 5.41) is 4.39. The minimum atomic E-state index is -2.13. The topological polar surface area (TPSA) is 38.9 Å². The third-order valence-corrected chi connectivity index (χ3v) is 7.94. The van der Waals surface area contributed by atoms with Crippen LogP contribution in [0.4, 0.5) is 0 Å². The quantitative estimate of drug-likeness (QED) is 0.166. The molecule has 0 N–H and O–H groups in total. The van der Waals surface area contributed by atoms with Crippen LogP contribution >= 0.6 is 0 Å². The van der Waals surface area contributed by atoms with E-state index >= 15 is 0 Å². The van der Waals surface area contributed by atoms with Crippen LogP contribution in [0.1, 0.15) is 47.1 Å². The Morgan fingerprint density at radius 2 is 1.53 bits per heavy atom. The Hall–Kier alpha value is -4.89. The van der Waals surface area contributed by atoms with Gasteiger partial charge in [-0.25, -0.2) is 0 Å². The summed E-state index contributed by atoms with van der Waals surface area (Å²) in [6.07, 6.45) is 1.86. The van der Waals surface area contributed by atoms with Crippen LogP contribution < -0.4 is 0 Å². The van der Waals surface area contributed by atoms with Crippen LogP contribution in [0.2, 0.25) is 0 Å². The second kappa shape index (κ2) is 14.3. The van der Waals surface area contributed by atoms with Crippen molar-refractivity contribution in [1.29, 1.82) is 0 Å². The zero-order valence-electron chi connectivity index (χ0n) is 34.3. The average Bonchev–Trinajstić information content (AvgIpc) is 3.56. The molecule has 3 heterocycles. The van der Waals surface area contributed by atoms with Crippen molar-refractivity contribution in [2.45, 2.75) is 40.9 Å². The number of nitrogens with zero attached hydrogens (tertiary/aromatic N) is 2. The van der Waals surface area contributed by atoms with Gasteiger partial charge >= 0.3 is 0 Å². The molecular formula is C45H38IrN2O-2. The summed E-state index contributed by atoms with van der Waals surface area (Å²) in [5.41, 5.74) is 7.71. The summed E-state index contributed by atoms with van der Waals surface area (Å²) in [4.78, 5) is 8.75. The minimum absolute atomic E-state index is 0. The van der Waals surface area contributed by atoms with Gasteiger partial charge in [-0.3, -0.25) is 0 Å². The fourth-order valence-corrected chi connectivity index (χ4v) is 5.67. The molecule has 4 heteroatoms. The molecule has 1 radical (unpaired) electrons. The van der Waals surface area contributed by atoms with Crippen molar-refractivity contribution in [3.8, 4) is 33.6 Å². The van der Waals surface area contributed by atoms with E-state index < -0.39 is 25.5 Å². The van der Waals surface area contributed by atoms with E-state index in [1.807, 2.05) is 81.4 Å². The molecular weight excluding hydrogens is 777 g/mol. The molecule has 245 valence electrons. The third-order valence-electron chi connectivity index (χ3n) is 7.94. The van der Waals surface area contributed by atoms with E-state index in [4.69, 9.17) is 14.0 Å². The van der Waals surface area contributed by atoms with Gasteiger partial charge in [0.2, 0.25) is 0 Å². The number of hydrogen-bond acceptors (Lipinski definition) is 3. The summed E-state index contributed by atoms with van der Waals surface area (Å²) in [5.74, 6) is 0. The van der Waals surface area contributed by atoms with E-state index in [0.29, 0.717) is 22.4 Å². The Morgan fingerprint density at radius 3 is 2.27 bits per heavy atom. The van der Waals surface area contributed by atoms with Crippen molar-refractivity contribution in [2.24, 2.45) is 5.41 Å². The fraction of sp³-hybridized carbons (Fsp3) is 0.156. The normalized spacial score (nSPS) is 14.0. The standard InChI is InChI=1S/C32H26NO.C13H12N.Ir/c1-32(2,3)20-21-8-10-22(11-9-21)24-16-17-33-29(18-24)25-13-14-27-28-15-12-23-6-4-5-7-26(23)31(28)34-30(27)19-25;1-10-3-6-12(7-4-10)13-8-5-11(2)9-14-13;/h4-12,14-19H,20H2,1-3H3;3-6,8-9H,1-2H3;/q2*-1;/i20D2;1D3,2D2;. The molecule has 0 unspecified atom stereocenters. The number of pyridine rings is 2. The molecule has 3 aromatic heterocycles. The Balaban J connectivity index is 0.000000226. The zero-order valence-corrected chi connectivity index (χ0v) is 29.7.